The molecule has 0 saturated heterocycles. The number of nitrogens with zero attached hydrogens (tertiary/aromatic N) is 2. The number of aromatic nitrogens is 3. The highest BCUT2D eigenvalue weighted by Gasteiger charge is 2.20. The average Bonchev–Trinajstić information content (AvgIpc) is 3.05. The first-order chi connectivity index (χ1) is 12.5. The van der Waals surface area contributed by atoms with Crippen LogP contribution in [-0.2, 0) is 6.42 Å². The summed E-state index contributed by atoms with van der Waals surface area (Å²) in [6.45, 7) is 2.08. The lowest BCUT2D eigenvalue weighted by molar-refractivity contribution is -0.612. The summed E-state index contributed by atoms with van der Waals surface area (Å²) in [6, 6.07) is 7.79. The monoisotopic (exact) mass is 390 g/mol. The fourth-order valence-electron chi connectivity index (χ4n) is 3.08. The highest BCUT2D eigenvalue weighted by atomic mass is 32.2. The molecule has 0 spiro atoms. The number of thiol groups is 2. The summed E-state index contributed by atoms with van der Waals surface area (Å²) in [5.74, 6) is 2.46. The van der Waals surface area contributed by atoms with Gasteiger partial charge in [-0.15, -0.1) is 0 Å². The van der Waals surface area contributed by atoms with Crippen molar-refractivity contribution >= 4 is 36.3 Å². The Hall–Kier alpha value is -1.86. The number of fused-ring (bicyclic) bond motifs is 1. The Morgan fingerprint density at radius 3 is 2.69 bits per heavy atom. The Morgan fingerprint density at radius 2 is 2.00 bits per heavy atom. The molecule has 26 heavy (non-hydrogen) atoms. The Labute approximate surface area is 164 Å². The molecule has 0 aliphatic carbocycles. The van der Waals surface area contributed by atoms with E-state index >= 15 is 0 Å². The van der Waals surface area contributed by atoms with E-state index in [1.807, 2.05) is 30.5 Å². The molecule has 2 aromatic heterocycles. The van der Waals surface area contributed by atoms with E-state index < -0.39 is 0 Å². The number of pyridine rings is 1. The zero-order chi connectivity index (χ0) is 18.7. The molecule has 1 N–H and O–H groups in total. The summed E-state index contributed by atoms with van der Waals surface area (Å²) in [5.41, 5.74) is 4.12. The molecule has 138 valence electrons. The molecular weight excluding hydrogens is 366 g/mol. The number of H-pyrrole nitrogens is 1. The first-order valence-electron chi connectivity index (χ1n) is 8.52. The van der Waals surface area contributed by atoms with Gasteiger partial charge in [0.1, 0.15) is 17.0 Å². The van der Waals surface area contributed by atoms with Gasteiger partial charge in [0.15, 0.2) is 5.52 Å². The van der Waals surface area contributed by atoms with Gasteiger partial charge in [0, 0.05) is 28.7 Å². The van der Waals surface area contributed by atoms with E-state index in [1.165, 1.54) is 0 Å². The van der Waals surface area contributed by atoms with Crippen LogP contribution in [0.4, 0.5) is 0 Å². The fourth-order valence-corrected chi connectivity index (χ4v) is 3.44. The summed E-state index contributed by atoms with van der Waals surface area (Å²) >= 11 is 8.72. The van der Waals surface area contributed by atoms with Gasteiger partial charge in [-0.3, -0.25) is 0 Å². The van der Waals surface area contributed by atoms with Crippen LogP contribution in [-0.4, -0.2) is 28.8 Å². The predicted octanol–water partition coefficient (Wildman–Crippen LogP) is 3.67. The molecule has 0 bridgehead atoms. The predicted molar refractivity (Wildman–Crippen MR) is 110 cm³/mol. The minimum Gasteiger partial charge on any atom is -0.497 e. The molecule has 0 unspecified atom stereocenters. The van der Waals surface area contributed by atoms with Crippen LogP contribution in [0.25, 0.3) is 17.0 Å². The first-order valence-corrected chi connectivity index (χ1v) is 9.55. The third kappa shape index (κ3) is 3.94. The standard InChI is InChI=1S/C19H23N3O2S2/c1-12-16(5-4-6-18(25)26)22(10-9-17(12)24-3)19-20-14-8-7-13(23-2)11-15(14)21-19/h7-11,18H,4-6H2,1-3H3,(H2-,20,21,25,26)/p+1. The van der Waals surface area contributed by atoms with Crippen molar-refractivity contribution in [3.8, 4) is 17.4 Å². The lowest BCUT2D eigenvalue weighted by atomic mass is 10.1. The molecule has 0 amide bonds. The molecule has 0 fully saturated rings. The Bertz CT molecular complexity index is 909. The molecule has 1 aromatic carbocycles. The molecule has 0 aliphatic rings. The maximum absolute atomic E-state index is 5.50. The van der Waals surface area contributed by atoms with Crippen LogP contribution < -0.4 is 14.0 Å². The van der Waals surface area contributed by atoms with Gasteiger partial charge in [0.2, 0.25) is 0 Å². The molecule has 3 rings (SSSR count). The van der Waals surface area contributed by atoms with Gasteiger partial charge in [-0.05, 0) is 31.9 Å². The molecule has 5 nitrogen and oxygen atoms in total. The molecule has 0 atom stereocenters. The number of rotatable bonds is 7. The SMILES string of the molecule is COc1ccc2nc(-[n+]3ccc(OC)c(C)c3CCCC(S)S)[nH]c2c1. The van der Waals surface area contributed by atoms with Crippen molar-refractivity contribution in [1.82, 2.24) is 9.97 Å². The summed E-state index contributed by atoms with van der Waals surface area (Å²) in [5, 5.41) is 0. The third-order valence-corrected chi connectivity index (χ3v) is 4.99. The smallest absolute Gasteiger partial charge is 0.402 e. The van der Waals surface area contributed by atoms with Crippen LogP contribution in [0.15, 0.2) is 30.5 Å². The van der Waals surface area contributed by atoms with Crippen molar-refractivity contribution in [3.63, 3.8) is 0 Å². The van der Waals surface area contributed by atoms with Crippen LogP contribution in [0.3, 0.4) is 0 Å². The number of methoxy groups -OCH3 is 2. The number of imidazole rings is 1. The zero-order valence-corrected chi connectivity index (χ0v) is 17.0. The fraction of sp³-hybridized carbons (Fsp3) is 0.368. The second kappa shape index (κ2) is 8.22. The molecule has 0 saturated carbocycles. The van der Waals surface area contributed by atoms with Gasteiger partial charge in [0.05, 0.1) is 26.1 Å². The van der Waals surface area contributed by atoms with Crippen molar-refractivity contribution in [2.75, 3.05) is 14.2 Å². The van der Waals surface area contributed by atoms with Crippen molar-refractivity contribution in [2.24, 2.45) is 0 Å². The second-order valence-electron chi connectivity index (χ2n) is 6.14. The van der Waals surface area contributed by atoms with Crippen molar-refractivity contribution < 1.29 is 14.0 Å². The number of hydrogen-bond donors (Lipinski definition) is 3. The Morgan fingerprint density at radius 1 is 1.19 bits per heavy atom. The Kier molecular flexibility index (Phi) is 5.98. The largest absolute Gasteiger partial charge is 0.497 e. The van der Waals surface area contributed by atoms with Crippen LogP contribution >= 0.6 is 25.3 Å². The first kappa shape index (κ1) is 18.9. The lowest BCUT2D eigenvalue weighted by Gasteiger charge is -2.13. The Balaban J connectivity index is 2.04. The van der Waals surface area contributed by atoms with Crippen LogP contribution in [0, 0.1) is 6.92 Å². The number of benzene rings is 1. The number of aromatic amines is 1. The topological polar surface area (TPSA) is 51.0 Å². The van der Waals surface area contributed by atoms with E-state index in [9.17, 15) is 0 Å². The zero-order valence-electron chi connectivity index (χ0n) is 15.2. The van der Waals surface area contributed by atoms with Gasteiger partial charge in [-0.2, -0.15) is 25.3 Å². The van der Waals surface area contributed by atoms with Gasteiger partial charge in [0.25, 0.3) is 0 Å². The molecule has 0 radical (unpaired) electrons. The minimum atomic E-state index is 0.0908. The normalized spacial score (nSPS) is 11.3. The van der Waals surface area contributed by atoms with Gasteiger partial charge >= 0.3 is 5.95 Å². The molecule has 7 heteroatoms. The van der Waals surface area contributed by atoms with Crippen LogP contribution in [0.2, 0.25) is 0 Å². The van der Waals surface area contributed by atoms with Gasteiger partial charge < -0.3 is 9.47 Å². The van der Waals surface area contributed by atoms with E-state index in [0.29, 0.717) is 0 Å². The summed E-state index contributed by atoms with van der Waals surface area (Å²) in [7, 11) is 3.36. The van der Waals surface area contributed by atoms with Gasteiger partial charge in [-0.25, -0.2) is 9.55 Å². The van der Waals surface area contributed by atoms with E-state index in [0.717, 1.165) is 59.0 Å². The molecule has 0 aliphatic heterocycles. The summed E-state index contributed by atoms with van der Waals surface area (Å²) < 4.78 is 13.0. The van der Waals surface area contributed by atoms with E-state index in [2.05, 4.69) is 41.7 Å². The maximum Gasteiger partial charge on any atom is 0.402 e. The molecular formula is C19H24N3O2S2+. The number of nitrogens with one attached hydrogen (secondary N) is 1. The van der Waals surface area contributed by atoms with E-state index in [4.69, 9.17) is 14.5 Å². The summed E-state index contributed by atoms with van der Waals surface area (Å²) in [6.07, 6.45) is 4.80. The number of hydrogen-bond acceptors (Lipinski definition) is 5. The van der Waals surface area contributed by atoms with E-state index in [1.54, 1.807) is 14.2 Å². The highest BCUT2D eigenvalue weighted by Crippen LogP contribution is 2.23. The quantitative estimate of drug-likeness (QED) is 0.328. The van der Waals surface area contributed by atoms with Crippen LogP contribution in [0.5, 0.6) is 11.5 Å². The van der Waals surface area contributed by atoms with Crippen molar-refractivity contribution in [1.29, 1.82) is 0 Å². The lowest BCUT2D eigenvalue weighted by Crippen LogP contribution is -2.38. The van der Waals surface area contributed by atoms with Gasteiger partial charge in [-0.1, -0.05) is 4.98 Å². The van der Waals surface area contributed by atoms with Crippen LogP contribution in [0.1, 0.15) is 24.1 Å². The van der Waals surface area contributed by atoms with E-state index in [-0.39, 0.29) is 4.58 Å². The minimum absolute atomic E-state index is 0.0908. The highest BCUT2D eigenvalue weighted by molar-refractivity contribution is 7.99. The second-order valence-corrected chi connectivity index (χ2v) is 7.80. The summed E-state index contributed by atoms with van der Waals surface area (Å²) in [4.78, 5) is 8.13. The average molecular weight is 391 g/mol. The van der Waals surface area contributed by atoms with Crippen molar-refractivity contribution in [3.05, 3.63) is 41.7 Å². The molecule has 2 heterocycles. The van der Waals surface area contributed by atoms with Crippen molar-refractivity contribution in [2.45, 2.75) is 30.8 Å². The molecule has 3 aromatic rings. The maximum atomic E-state index is 5.50. The third-order valence-electron chi connectivity index (χ3n) is 4.47. The number of ether oxygens (including phenoxy) is 2.